The molecule has 2 aliphatic rings. The van der Waals surface area contributed by atoms with E-state index in [9.17, 15) is 4.79 Å². The third-order valence-electron chi connectivity index (χ3n) is 5.23. The molecule has 0 radical (unpaired) electrons. The van der Waals surface area contributed by atoms with Crippen molar-refractivity contribution in [2.75, 3.05) is 46.5 Å². The molecule has 0 bridgehead atoms. The van der Waals surface area contributed by atoms with Crippen molar-refractivity contribution in [2.45, 2.75) is 19.1 Å². The van der Waals surface area contributed by atoms with E-state index in [1.165, 1.54) is 11.1 Å². The molecule has 144 valence electrons. The lowest BCUT2D eigenvalue weighted by Gasteiger charge is -2.29. The Balaban J connectivity index is 1.38. The van der Waals surface area contributed by atoms with Crippen LogP contribution in [-0.2, 0) is 22.4 Å². The highest BCUT2D eigenvalue weighted by Gasteiger charge is 2.25. The van der Waals surface area contributed by atoms with Crippen LogP contribution in [0.3, 0.4) is 0 Å². The number of carbonyl (C=O) groups is 1. The molecule has 6 nitrogen and oxygen atoms in total. The smallest absolute Gasteiger partial charge is 0.289 e. The van der Waals surface area contributed by atoms with Gasteiger partial charge in [0.1, 0.15) is 11.9 Å². The van der Waals surface area contributed by atoms with Crippen LogP contribution >= 0.6 is 0 Å². The van der Waals surface area contributed by atoms with Crippen LogP contribution in [0.4, 0.5) is 0 Å². The van der Waals surface area contributed by atoms with Crippen LogP contribution in [0, 0.1) is 0 Å². The Kier molecular flexibility index (Phi) is 5.57. The molecular weight excluding hydrogens is 344 g/mol. The molecule has 6 heteroatoms. The molecule has 0 N–H and O–H groups in total. The van der Waals surface area contributed by atoms with Crippen LogP contribution < -0.4 is 0 Å². The standard InChI is InChI=1S/C21H26N2O4/c1-22(15-20-18-5-3-2-4-16(18)8-11-26-20)21(24)19-7-6-17(27-19)14-23-9-12-25-13-10-23/h2-7,20H,8-15H2,1H3. The second-order valence-corrected chi connectivity index (χ2v) is 7.15. The number of hydrogen-bond acceptors (Lipinski definition) is 5. The second kappa shape index (κ2) is 8.25. The lowest BCUT2D eigenvalue weighted by Crippen LogP contribution is -2.35. The Bertz CT molecular complexity index is 782. The van der Waals surface area contributed by atoms with Gasteiger partial charge in [0.05, 0.1) is 32.9 Å². The number of morpholine rings is 1. The summed E-state index contributed by atoms with van der Waals surface area (Å²) in [5, 5.41) is 0. The van der Waals surface area contributed by atoms with Gasteiger partial charge >= 0.3 is 0 Å². The van der Waals surface area contributed by atoms with Crippen molar-refractivity contribution in [1.82, 2.24) is 9.80 Å². The maximum atomic E-state index is 12.8. The second-order valence-electron chi connectivity index (χ2n) is 7.15. The van der Waals surface area contributed by atoms with Gasteiger partial charge in [-0.3, -0.25) is 9.69 Å². The Labute approximate surface area is 159 Å². The molecular formula is C21H26N2O4. The van der Waals surface area contributed by atoms with Crippen LogP contribution in [-0.4, -0.2) is 62.2 Å². The van der Waals surface area contributed by atoms with Gasteiger partial charge in [-0.05, 0) is 29.7 Å². The third-order valence-corrected chi connectivity index (χ3v) is 5.23. The number of rotatable bonds is 5. The number of nitrogens with zero attached hydrogens (tertiary/aromatic N) is 2. The average molecular weight is 370 g/mol. The zero-order valence-electron chi connectivity index (χ0n) is 15.7. The summed E-state index contributed by atoms with van der Waals surface area (Å²) in [6.45, 7) is 5.18. The summed E-state index contributed by atoms with van der Waals surface area (Å²) in [7, 11) is 1.80. The highest BCUT2D eigenvalue weighted by Crippen LogP contribution is 2.27. The number of furan rings is 1. The lowest BCUT2D eigenvalue weighted by molar-refractivity contribution is 0.0188. The number of hydrogen-bond donors (Lipinski definition) is 0. The molecule has 1 atom stereocenters. The number of ether oxygens (including phenoxy) is 2. The van der Waals surface area contributed by atoms with E-state index in [1.54, 1.807) is 18.0 Å². The number of fused-ring (bicyclic) bond motifs is 1. The normalized spacial score (nSPS) is 20.3. The summed E-state index contributed by atoms with van der Waals surface area (Å²) in [4.78, 5) is 16.7. The fourth-order valence-corrected chi connectivity index (χ4v) is 3.71. The van der Waals surface area contributed by atoms with Gasteiger partial charge in [-0.2, -0.15) is 0 Å². The molecule has 1 saturated heterocycles. The van der Waals surface area contributed by atoms with Gasteiger partial charge < -0.3 is 18.8 Å². The van der Waals surface area contributed by atoms with E-state index >= 15 is 0 Å². The van der Waals surface area contributed by atoms with E-state index in [-0.39, 0.29) is 12.0 Å². The van der Waals surface area contributed by atoms with Crippen molar-refractivity contribution in [3.63, 3.8) is 0 Å². The molecule has 27 heavy (non-hydrogen) atoms. The van der Waals surface area contributed by atoms with E-state index in [0.717, 1.165) is 38.5 Å². The van der Waals surface area contributed by atoms with Crippen molar-refractivity contribution >= 4 is 5.91 Å². The molecule has 0 saturated carbocycles. The Morgan fingerprint density at radius 1 is 1.15 bits per heavy atom. The van der Waals surface area contributed by atoms with E-state index < -0.39 is 0 Å². The molecule has 1 aromatic carbocycles. The monoisotopic (exact) mass is 370 g/mol. The fraction of sp³-hybridized carbons (Fsp3) is 0.476. The largest absolute Gasteiger partial charge is 0.455 e. The predicted molar refractivity (Wildman–Crippen MR) is 101 cm³/mol. The predicted octanol–water partition coefficient (Wildman–Crippen LogP) is 2.50. The van der Waals surface area contributed by atoms with Gasteiger partial charge in [-0.15, -0.1) is 0 Å². The summed E-state index contributed by atoms with van der Waals surface area (Å²) in [6, 6.07) is 12.0. The molecule has 1 fully saturated rings. The highest BCUT2D eigenvalue weighted by atomic mass is 16.5. The molecule has 0 spiro atoms. The van der Waals surface area contributed by atoms with Gasteiger partial charge in [0.25, 0.3) is 5.91 Å². The average Bonchev–Trinajstić information content (AvgIpc) is 3.17. The van der Waals surface area contributed by atoms with Crippen LogP contribution in [0.2, 0.25) is 0 Å². The van der Waals surface area contributed by atoms with Crippen molar-refractivity contribution in [3.05, 3.63) is 59.0 Å². The van der Waals surface area contributed by atoms with Gasteiger partial charge in [0.2, 0.25) is 0 Å². The maximum absolute atomic E-state index is 12.8. The number of benzene rings is 1. The Morgan fingerprint density at radius 2 is 1.96 bits per heavy atom. The summed E-state index contributed by atoms with van der Waals surface area (Å²) in [5.41, 5.74) is 2.48. The first-order valence-corrected chi connectivity index (χ1v) is 9.54. The lowest BCUT2D eigenvalue weighted by atomic mass is 9.97. The fourth-order valence-electron chi connectivity index (χ4n) is 3.71. The van der Waals surface area contributed by atoms with E-state index in [1.807, 2.05) is 12.1 Å². The molecule has 2 aliphatic heterocycles. The van der Waals surface area contributed by atoms with Crippen LogP contribution in [0.1, 0.15) is 33.5 Å². The van der Waals surface area contributed by atoms with Crippen molar-refractivity contribution < 1.29 is 18.7 Å². The minimum absolute atomic E-state index is 0.0910. The minimum atomic E-state index is -0.116. The Morgan fingerprint density at radius 3 is 2.81 bits per heavy atom. The molecule has 2 aromatic rings. The summed E-state index contributed by atoms with van der Waals surface area (Å²) >= 11 is 0. The van der Waals surface area contributed by atoms with Gasteiger partial charge in [-0.1, -0.05) is 24.3 Å². The van der Waals surface area contributed by atoms with Crippen LogP contribution in [0.5, 0.6) is 0 Å². The summed E-state index contributed by atoms with van der Waals surface area (Å²) < 4.78 is 17.1. The van der Waals surface area contributed by atoms with Gasteiger partial charge in [-0.25, -0.2) is 0 Å². The molecule has 1 aromatic heterocycles. The van der Waals surface area contributed by atoms with E-state index in [0.29, 0.717) is 25.5 Å². The van der Waals surface area contributed by atoms with Crippen LogP contribution in [0.25, 0.3) is 0 Å². The highest BCUT2D eigenvalue weighted by molar-refractivity contribution is 5.91. The SMILES string of the molecule is CN(CC1OCCc2ccccc21)C(=O)c1ccc(CN2CCOCC2)o1. The number of amides is 1. The first-order chi connectivity index (χ1) is 13.2. The maximum Gasteiger partial charge on any atom is 0.289 e. The number of likely N-dealkylation sites (N-methyl/N-ethyl adjacent to an activating group) is 1. The number of carbonyl (C=O) groups excluding carboxylic acids is 1. The van der Waals surface area contributed by atoms with Gasteiger partial charge in [0, 0.05) is 20.1 Å². The van der Waals surface area contributed by atoms with E-state index in [2.05, 4.69) is 23.1 Å². The molecule has 1 amide bonds. The molecule has 3 heterocycles. The minimum Gasteiger partial charge on any atom is -0.455 e. The van der Waals surface area contributed by atoms with Crippen molar-refractivity contribution in [1.29, 1.82) is 0 Å². The summed E-state index contributed by atoms with van der Waals surface area (Å²) in [5.74, 6) is 1.08. The molecule has 0 aliphatic carbocycles. The molecule has 1 unspecified atom stereocenters. The zero-order valence-corrected chi connectivity index (χ0v) is 15.7. The summed E-state index contributed by atoms with van der Waals surface area (Å²) in [6.07, 6.45) is 0.833. The Hall–Kier alpha value is -2.15. The third kappa shape index (κ3) is 4.24. The van der Waals surface area contributed by atoms with Crippen LogP contribution in [0.15, 0.2) is 40.8 Å². The molecule has 4 rings (SSSR count). The first-order valence-electron chi connectivity index (χ1n) is 9.54. The van der Waals surface area contributed by atoms with Crippen molar-refractivity contribution in [2.24, 2.45) is 0 Å². The topological polar surface area (TPSA) is 55.2 Å². The first kappa shape index (κ1) is 18.2. The zero-order chi connectivity index (χ0) is 18.6. The van der Waals surface area contributed by atoms with E-state index in [4.69, 9.17) is 13.9 Å². The van der Waals surface area contributed by atoms with Gasteiger partial charge in [0.15, 0.2) is 5.76 Å². The van der Waals surface area contributed by atoms with Crippen molar-refractivity contribution in [3.8, 4) is 0 Å². The quantitative estimate of drug-likeness (QED) is 0.809.